The van der Waals surface area contributed by atoms with Crippen LogP contribution in [0.2, 0.25) is 0 Å². The summed E-state index contributed by atoms with van der Waals surface area (Å²) in [5, 5.41) is 1.87. The largest absolute Gasteiger partial charge is 0.373 e. The third-order valence-electron chi connectivity index (χ3n) is 5.46. The van der Waals surface area contributed by atoms with Gasteiger partial charge in [-0.15, -0.1) is 0 Å². The molecule has 0 aromatic carbocycles. The lowest BCUT2D eigenvalue weighted by Gasteiger charge is -2.54. The molecule has 2 saturated carbocycles. The maximum Gasteiger partial charge on any atom is 0.165 e. The number of Topliss-reactive ketones (excluding diaryl/α,β-unsaturated/α-hetero) is 1. The van der Waals surface area contributed by atoms with Crippen molar-refractivity contribution in [1.82, 2.24) is 0 Å². The molecule has 2 rings (SSSR count). The summed E-state index contributed by atoms with van der Waals surface area (Å²) < 4.78 is 5.55. The van der Waals surface area contributed by atoms with Crippen LogP contribution in [0, 0.1) is 23.2 Å². The van der Waals surface area contributed by atoms with E-state index in [0.29, 0.717) is 11.7 Å². The number of ketones is 1. The van der Waals surface area contributed by atoms with E-state index < -0.39 is 0 Å². The van der Waals surface area contributed by atoms with Crippen LogP contribution in [0.25, 0.3) is 0 Å². The van der Waals surface area contributed by atoms with Crippen molar-refractivity contribution in [3.8, 4) is 0 Å². The van der Waals surface area contributed by atoms with Crippen LogP contribution in [0.15, 0.2) is 12.2 Å². The molecule has 0 N–H and O–H groups in total. The summed E-state index contributed by atoms with van der Waals surface area (Å²) in [4.78, 5) is 12.9. The first-order valence-electron chi connectivity index (χ1n) is 7.35. The molecular weight excluding hydrogens is 384 g/mol. The molecule has 0 heterocycles. The number of ether oxygens (including phenoxy) is 1. The van der Waals surface area contributed by atoms with Crippen LogP contribution in [-0.4, -0.2) is 29.7 Å². The number of hydrogen-bond donors (Lipinski definition) is 0. The van der Waals surface area contributed by atoms with Gasteiger partial charge in [-0.3, -0.25) is 4.79 Å². The molecule has 5 atom stereocenters. The smallest absolute Gasteiger partial charge is 0.165 e. The van der Waals surface area contributed by atoms with Gasteiger partial charge in [0.05, 0.1) is 0 Å². The highest BCUT2D eigenvalue weighted by molar-refractivity contribution is 9.09. The topological polar surface area (TPSA) is 26.3 Å². The van der Waals surface area contributed by atoms with E-state index in [4.69, 9.17) is 4.74 Å². The van der Waals surface area contributed by atoms with Gasteiger partial charge in [0.25, 0.3) is 0 Å². The van der Waals surface area contributed by atoms with Gasteiger partial charge in [-0.2, -0.15) is 0 Å². The highest BCUT2D eigenvalue weighted by Crippen LogP contribution is 2.56. The first kappa shape index (κ1) is 16.7. The normalized spacial score (nSPS) is 41.3. The number of carbonyl (C=O) groups excluding carboxylic acids is 1. The van der Waals surface area contributed by atoms with E-state index in [2.05, 4.69) is 38.4 Å². The van der Waals surface area contributed by atoms with E-state index in [0.717, 1.165) is 35.5 Å². The van der Waals surface area contributed by atoms with Gasteiger partial charge < -0.3 is 4.74 Å². The predicted octanol–water partition coefficient (Wildman–Crippen LogP) is 4.36. The van der Waals surface area contributed by atoms with E-state index >= 15 is 0 Å². The lowest BCUT2D eigenvalue weighted by atomic mass is 9.52. The highest BCUT2D eigenvalue weighted by atomic mass is 79.9. The molecule has 2 aliphatic carbocycles. The van der Waals surface area contributed by atoms with Gasteiger partial charge in [0.2, 0.25) is 0 Å². The Kier molecular flexibility index (Phi) is 5.52. The third kappa shape index (κ3) is 2.56. The van der Waals surface area contributed by atoms with E-state index in [9.17, 15) is 4.79 Å². The lowest BCUT2D eigenvalue weighted by Crippen LogP contribution is -2.57. The van der Waals surface area contributed by atoms with Crippen LogP contribution < -0.4 is 0 Å². The maximum absolute atomic E-state index is 12.9. The number of rotatable bonds is 4. The molecule has 2 aliphatic rings. The fraction of sp³-hybridized carbons (Fsp3) is 0.812. The zero-order valence-corrected chi connectivity index (χ0v) is 15.5. The quantitative estimate of drug-likeness (QED) is 0.511. The molecular formula is C16H24Br2O2. The van der Waals surface area contributed by atoms with Gasteiger partial charge in [0.1, 0.15) is 6.10 Å². The maximum atomic E-state index is 12.9. The Morgan fingerprint density at radius 2 is 2.15 bits per heavy atom. The van der Waals surface area contributed by atoms with Gasteiger partial charge in [-0.05, 0) is 37.5 Å². The Morgan fingerprint density at radius 1 is 1.45 bits per heavy atom. The average molecular weight is 408 g/mol. The van der Waals surface area contributed by atoms with Crippen molar-refractivity contribution in [1.29, 1.82) is 0 Å². The van der Waals surface area contributed by atoms with Gasteiger partial charge in [0.15, 0.2) is 5.78 Å². The van der Waals surface area contributed by atoms with Crippen LogP contribution >= 0.6 is 31.9 Å². The second-order valence-electron chi connectivity index (χ2n) is 6.42. The molecule has 0 amide bonds. The fourth-order valence-corrected chi connectivity index (χ4v) is 6.32. The SMILES string of the molecule is C=C(C)C1CC2(CBr)C(CBr)CCCC2C(=O)C1OC. The summed E-state index contributed by atoms with van der Waals surface area (Å²) in [5.41, 5.74) is 1.14. The monoisotopic (exact) mass is 406 g/mol. The van der Waals surface area contributed by atoms with Gasteiger partial charge in [0, 0.05) is 29.6 Å². The van der Waals surface area contributed by atoms with Crippen molar-refractivity contribution in [2.45, 2.75) is 38.7 Å². The second-order valence-corrected chi connectivity index (χ2v) is 7.63. The Labute approximate surface area is 139 Å². The molecule has 0 aliphatic heterocycles. The van der Waals surface area contributed by atoms with Crippen LogP contribution in [0.3, 0.4) is 0 Å². The molecule has 20 heavy (non-hydrogen) atoms. The van der Waals surface area contributed by atoms with Crippen molar-refractivity contribution in [3.05, 3.63) is 12.2 Å². The fourth-order valence-electron chi connectivity index (χ4n) is 4.28. The molecule has 0 radical (unpaired) electrons. The molecule has 2 nitrogen and oxygen atoms in total. The number of methoxy groups -OCH3 is 1. The number of fused-ring (bicyclic) bond motifs is 1. The average Bonchev–Trinajstić information content (AvgIpc) is 2.46. The Morgan fingerprint density at radius 3 is 2.65 bits per heavy atom. The Balaban J connectivity index is 2.42. The van der Waals surface area contributed by atoms with Crippen molar-refractivity contribution in [2.24, 2.45) is 23.2 Å². The first-order valence-corrected chi connectivity index (χ1v) is 9.60. The zero-order chi connectivity index (χ0) is 14.9. The summed E-state index contributed by atoms with van der Waals surface area (Å²) in [7, 11) is 1.66. The van der Waals surface area contributed by atoms with Gasteiger partial charge in [-0.25, -0.2) is 0 Å². The summed E-state index contributed by atoms with van der Waals surface area (Å²) in [6, 6.07) is 0. The van der Waals surface area contributed by atoms with E-state index in [1.807, 2.05) is 6.92 Å². The van der Waals surface area contributed by atoms with Gasteiger partial charge >= 0.3 is 0 Å². The number of hydrogen-bond acceptors (Lipinski definition) is 2. The zero-order valence-electron chi connectivity index (χ0n) is 12.3. The van der Waals surface area contributed by atoms with E-state index in [-0.39, 0.29) is 23.4 Å². The molecule has 0 bridgehead atoms. The molecule has 0 aromatic heterocycles. The standard InChI is InChI=1S/C16H24Br2O2/c1-10(2)12-7-16(9-18)11(8-17)5-4-6-13(16)14(19)15(12)20-3/h11-13,15H,1,4-9H2,2-3H3. The second kappa shape index (κ2) is 6.62. The van der Waals surface area contributed by atoms with Gasteiger partial charge in [-0.1, -0.05) is 50.4 Å². The molecule has 114 valence electrons. The van der Waals surface area contributed by atoms with Crippen molar-refractivity contribution in [3.63, 3.8) is 0 Å². The minimum atomic E-state index is -0.293. The van der Waals surface area contributed by atoms with Crippen molar-refractivity contribution in [2.75, 3.05) is 17.8 Å². The van der Waals surface area contributed by atoms with Crippen LogP contribution in [0.1, 0.15) is 32.6 Å². The molecule has 4 heteroatoms. The molecule has 0 saturated heterocycles. The summed E-state index contributed by atoms with van der Waals surface area (Å²) >= 11 is 7.40. The molecule has 5 unspecified atom stereocenters. The highest BCUT2D eigenvalue weighted by Gasteiger charge is 2.56. The summed E-state index contributed by atoms with van der Waals surface area (Å²) in [6.07, 6.45) is 4.09. The van der Waals surface area contributed by atoms with E-state index in [1.54, 1.807) is 7.11 Å². The number of halogens is 2. The molecule has 0 spiro atoms. The summed E-state index contributed by atoms with van der Waals surface area (Å²) in [6.45, 7) is 6.13. The number of carbonyl (C=O) groups is 1. The third-order valence-corrected chi connectivity index (χ3v) is 7.29. The summed E-state index contributed by atoms with van der Waals surface area (Å²) in [5.74, 6) is 1.15. The van der Waals surface area contributed by atoms with E-state index in [1.165, 1.54) is 6.42 Å². The Hall–Kier alpha value is 0.330. The van der Waals surface area contributed by atoms with Crippen molar-refractivity contribution < 1.29 is 9.53 Å². The Bertz CT molecular complexity index is 396. The molecule has 0 aromatic rings. The van der Waals surface area contributed by atoms with Crippen LogP contribution in [-0.2, 0) is 9.53 Å². The minimum Gasteiger partial charge on any atom is -0.373 e. The minimum absolute atomic E-state index is 0.0669. The van der Waals surface area contributed by atoms with Crippen molar-refractivity contribution >= 4 is 37.6 Å². The van der Waals surface area contributed by atoms with Crippen LogP contribution in [0.5, 0.6) is 0 Å². The predicted molar refractivity (Wildman–Crippen MR) is 89.6 cm³/mol. The number of alkyl halides is 2. The molecule has 2 fully saturated rings. The lowest BCUT2D eigenvalue weighted by molar-refractivity contribution is -0.153. The first-order chi connectivity index (χ1) is 9.51. The van der Waals surface area contributed by atoms with Crippen LogP contribution in [0.4, 0.5) is 0 Å².